The number of hydrogen-bond acceptors (Lipinski definition) is 3. The SMILES string of the molecule is COCCN(c1ccccc1CC(C)N)C1CC1. The fourth-order valence-electron chi connectivity index (χ4n) is 2.39. The van der Waals surface area contributed by atoms with Gasteiger partial charge in [-0.1, -0.05) is 18.2 Å². The Hall–Kier alpha value is -1.06. The van der Waals surface area contributed by atoms with Crippen LogP contribution in [0.25, 0.3) is 0 Å². The molecule has 2 rings (SSSR count). The van der Waals surface area contributed by atoms with Crippen LogP contribution in [0.4, 0.5) is 5.69 Å². The van der Waals surface area contributed by atoms with E-state index < -0.39 is 0 Å². The first-order valence-corrected chi connectivity index (χ1v) is 6.81. The predicted molar refractivity (Wildman–Crippen MR) is 76.0 cm³/mol. The molecule has 1 fully saturated rings. The summed E-state index contributed by atoms with van der Waals surface area (Å²) in [6, 6.07) is 9.53. The molecule has 1 saturated carbocycles. The third-order valence-corrected chi connectivity index (χ3v) is 3.37. The van der Waals surface area contributed by atoms with E-state index in [0.717, 1.165) is 19.6 Å². The van der Waals surface area contributed by atoms with Crippen LogP contribution < -0.4 is 10.6 Å². The highest BCUT2D eigenvalue weighted by Crippen LogP contribution is 2.33. The van der Waals surface area contributed by atoms with Crippen LogP contribution >= 0.6 is 0 Å². The zero-order valence-electron chi connectivity index (χ0n) is 11.4. The summed E-state index contributed by atoms with van der Waals surface area (Å²) in [6.07, 6.45) is 3.54. The molecule has 1 aromatic carbocycles. The number of nitrogens with zero attached hydrogens (tertiary/aromatic N) is 1. The summed E-state index contributed by atoms with van der Waals surface area (Å²) in [7, 11) is 1.76. The maximum atomic E-state index is 5.94. The molecule has 0 saturated heterocycles. The fraction of sp³-hybridized carbons (Fsp3) is 0.600. The third-order valence-electron chi connectivity index (χ3n) is 3.37. The van der Waals surface area contributed by atoms with Gasteiger partial charge in [-0.25, -0.2) is 0 Å². The third kappa shape index (κ3) is 3.47. The van der Waals surface area contributed by atoms with Crippen LogP contribution in [0.2, 0.25) is 0 Å². The van der Waals surface area contributed by atoms with E-state index >= 15 is 0 Å². The second-order valence-corrected chi connectivity index (χ2v) is 5.23. The molecule has 1 unspecified atom stereocenters. The van der Waals surface area contributed by atoms with Crippen molar-refractivity contribution in [2.24, 2.45) is 5.73 Å². The normalized spacial score (nSPS) is 16.6. The van der Waals surface area contributed by atoms with Gasteiger partial charge >= 0.3 is 0 Å². The first-order valence-electron chi connectivity index (χ1n) is 6.81. The number of para-hydroxylation sites is 1. The number of rotatable bonds is 7. The van der Waals surface area contributed by atoms with Crippen LogP contribution in [-0.2, 0) is 11.2 Å². The average molecular weight is 248 g/mol. The smallest absolute Gasteiger partial charge is 0.0637 e. The zero-order chi connectivity index (χ0) is 13.0. The molecule has 0 aromatic heterocycles. The molecule has 0 amide bonds. The zero-order valence-corrected chi connectivity index (χ0v) is 11.4. The van der Waals surface area contributed by atoms with Crippen LogP contribution in [0, 0.1) is 0 Å². The highest BCUT2D eigenvalue weighted by molar-refractivity contribution is 5.55. The van der Waals surface area contributed by atoms with Crippen molar-refractivity contribution in [3.8, 4) is 0 Å². The molecule has 1 aliphatic rings. The monoisotopic (exact) mass is 248 g/mol. The minimum Gasteiger partial charge on any atom is -0.383 e. The van der Waals surface area contributed by atoms with E-state index in [9.17, 15) is 0 Å². The minimum absolute atomic E-state index is 0.203. The summed E-state index contributed by atoms with van der Waals surface area (Å²) in [6.45, 7) is 3.81. The molecule has 2 N–H and O–H groups in total. The highest BCUT2D eigenvalue weighted by Gasteiger charge is 2.30. The van der Waals surface area contributed by atoms with Gasteiger partial charge in [0.1, 0.15) is 0 Å². The molecule has 100 valence electrons. The lowest BCUT2D eigenvalue weighted by atomic mass is 10.0. The van der Waals surface area contributed by atoms with Crippen molar-refractivity contribution < 1.29 is 4.74 Å². The summed E-state index contributed by atoms with van der Waals surface area (Å²) in [5.74, 6) is 0. The van der Waals surface area contributed by atoms with Crippen molar-refractivity contribution in [2.45, 2.75) is 38.3 Å². The number of benzene rings is 1. The van der Waals surface area contributed by atoms with Crippen LogP contribution in [-0.4, -0.2) is 32.3 Å². The van der Waals surface area contributed by atoms with Crippen LogP contribution in [0.5, 0.6) is 0 Å². The summed E-state index contributed by atoms with van der Waals surface area (Å²) in [4.78, 5) is 2.49. The van der Waals surface area contributed by atoms with Gasteiger partial charge in [0.2, 0.25) is 0 Å². The molecule has 3 nitrogen and oxygen atoms in total. The number of methoxy groups -OCH3 is 1. The van der Waals surface area contributed by atoms with Crippen LogP contribution in [0.15, 0.2) is 24.3 Å². The number of ether oxygens (including phenoxy) is 1. The van der Waals surface area contributed by atoms with Crippen molar-refractivity contribution in [3.63, 3.8) is 0 Å². The lowest BCUT2D eigenvalue weighted by Gasteiger charge is -2.27. The highest BCUT2D eigenvalue weighted by atomic mass is 16.5. The molecular weight excluding hydrogens is 224 g/mol. The van der Waals surface area contributed by atoms with Gasteiger partial charge in [0.15, 0.2) is 0 Å². The Balaban J connectivity index is 2.17. The van der Waals surface area contributed by atoms with E-state index in [1.807, 2.05) is 0 Å². The molecule has 0 spiro atoms. The van der Waals surface area contributed by atoms with Crippen molar-refractivity contribution in [1.82, 2.24) is 0 Å². The van der Waals surface area contributed by atoms with E-state index in [-0.39, 0.29) is 6.04 Å². The summed E-state index contributed by atoms with van der Waals surface area (Å²) >= 11 is 0. The second kappa shape index (κ2) is 6.21. The van der Waals surface area contributed by atoms with E-state index in [4.69, 9.17) is 10.5 Å². The Kier molecular flexibility index (Phi) is 4.61. The van der Waals surface area contributed by atoms with Crippen molar-refractivity contribution in [1.29, 1.82) is 0 Å². The van der Waals surface area contributed by atoms with Crippen LogP contribution in [0.3, 0.4) is 0 Å². The molecule has 1 aliphatic carbocycles. The molecule has 0 aliphatic heterocycles. The largest absolute Gasteiger partial charge is 0.383 e. The summed E-state index contributed by atoms with van der Waals surface area (Å²) in [5.41, 5.74) is 8.64. The molecule has 3 heteroatoms. The Bertz CT molecular complexity index is 375. The van der Waals surface area contributed by atoms with E-state index in [0.29, 0.717) is 6.04 Å². The van der Waals surface area contributed by atoms with Gasteiger partial charge in [0.25, 0.3) is 0 Å². The van der Waals surface area contributed by atoms with E-state index in [1.54, 1.807) is 7.11 Å². The minimum atomic E-state index is 0.203. The summed E-state index contributed by atoms with van der Waals surface area (Å²) < 4.78 is 5.23. The van der Waals surface area contributed by atoms with E-state index in [1.165, 1.54) is 24.1 Å². The van der Waals surface area contributed by atoms with Gasteiger partial charge in [-0.3, -0.25) is 0 Å². The first-order chi connectivity index (χ1) is 8.72. The van der Waals surface area contributed by atoms with Gasteiger partial charge in [-0.05, 0) is 37.8 Å². The maximum absolute atomic E-state index is 5.94. The molecule has 1 aromatic rings. The molecule has 1 atom stereocenters. The van der Waals surface area contributed by atoms with Crippen molar-refractivity contribution in [3.05, 3.63) is 29.8 Å². The topological polar surface area (TPSA) is 38.5 Å². The Labute approximate surface area is 110 Å². The Morgan fingerprint density at radius 1 is 1.39 bits per heavy atom. The predicted octanol–water partition coefficient (Wildman–Crippen LogP) is 2.19. The average Bonchev–Trinajstić information content (AvgIpc) is 3.15. The van der Waals surface area contributed by atoms with Crippen LogP contribution in [0.1, 0.15) is 25.3 Å². The molecule has 0 radical (unpaired) electrons. The van der Waals surface area contributed by atoms with Crippen molar-refractivity contribution >= 4 is 5.69 Å². The van der Waals surface area contributed by atoms with Gasteiger partial charge in [-0.15, -0.1) is 0 Å². The van der Waals surface area contributed by atoms with Gasteiger partial charge in [0, 0.05) is 31.4 Å². The van der Waals surface area contributed by atoms with E-state index in [2.05, 4.69) is 36.1 Å². The lowest BCUT2D eigenvalue weighted by Crippen LogP contribution is -2.31. The standard InChI is InChI=1S/C15H24N2O/c1-12(16)11-13-5-3-4-6-15(13)17(9-10-18-2)14-7-8-14/h3-6,12,14H,7-11,16H2,1-2H3. The molecule has 0 bridgehead atoms. The lowest BCUT2D eigenvalue weighted by molar-refractivity contribution is 0.205. The Morgan fingerprint density at radius 3 is 2.72 bits per heavy atom. The molecule has 18 heavy (non-hydrogen) atoms. The molecule has 0 heterocycles. The van der Waals surface area contributed by atoms with Crippen molar-refractivity contribution in [2.75, 3.05) is 25.2 Å². The maximum Gasteiger partial charge on any atom is 0.0637 e. The van der Waals surface area contributed by atoms with Gasteiger partial charge in [-0.2, -0.15) is 0 Å². The Morgan fingerprint density at radius 2 is 2.11 bits per heavy atom. The second-order valence-electron chi connectivity index (χ2n) is 5.23. The number of nitrogens with two attached hydrogens (primary N) is 1. The van der Waals surface area contributed by atoms with Gasteiger partial charge in [0.05, 0.1) is 6.61 Å². The number of hydrogen-bond donors (Lipinski definition) is 1. The number of anilines is 1. The fourth-order valence-corrected chi connectivity index (χ4v) is 2.39. The molecular formula is C15H24N2O. The summed E-state index contributed by atoms with van der Waals surface area (Å²) in [5, 5.41) is 0. The van der Waals surface area contributed by atoms with Gasteiger partial charge < -0.3 is 15.4 Å². The quantitative estimate of drug-likeness (QED) is 0.804. The first kappa shape index (κ1) is 13.4.